The number of amides is 1. The van der Waals surface area contributed by atoms with Crippen LogP contribution in [0.5, 0.6) is 0 Å². The van der Waals surface area contributed by atoms with Gasteiger partial charge in [0.2, 0.25) is 0 Å². The monoisotopic (exact) mass is 348 g/mol. The molecule has 0 spiro atoms. The Balaban J connectivity index is 1.99. The number of nitrogens with one attached hydrogen (secondary N) is 3. The fraction of sp³-hybridized carbons (Fsp3) is 0.444. The molecule has 5 N–H and O–H groups in total. The van der Waals surface area contributed by atoms with Crippen LogP contribution in [0.15, 0.2) is 35.8 Å². The minimum atomic E-state index is -0.966. The van der Waals surface area contributed by atoms with Crippen LogP contribution < -0.4 is 16.4 Å². The first-order valence-corrected chi connectivity index (χ1v) is 8.42. The number of morpholine rings is 1. The summed E-state index contributed by atoms with van der Waals surface area (Å²) in [5, 5.41) is 13.4. The van der Waals surface area contributed by atoms with Gasteiger partial charge < -0.3 is 21.1 Å². The van der Waals surface area contributed by atoms with E-state index in [2.05, 4.69) is 10.6 Å². The summed E-state index contributed by atoms with van der Waals surface area (Å²) in [7, 11) is 0. The van der Waals surface area contributed by atoms with Gasteiger partial charge >= 0.3 is 0 Å². The van der Waals surface area contributed by atoms with Crippen molar-refractivity contribution in [2.45, 2.75) is 38.9 Å². The average molecular weight is 348 g/mol. The third-order valence-electron chi connectivity index (χ3n) is 3.95. The van der Waals surface area contributed by atoms with E-state index >= 15 is 0 Å². The van der Waals surface area contributed by atoms with Gasteiger partial charge in [0.05, 0.1) is 12.2 Å². The Bertz CT molecular complexity index is 658. The van der Waals surface area contributed by atoms with E-state index in [0.29, 0.717) is 18.5 Å². The number of hydrogen-bond donors (Lipinski definition) is 4. The number of anilines is 1. The van der Waals surface area contributed by atoms with Crippen molar-refractivity contribution in [3.05, 3.63) is 41.4 Å². The standard InChI is InChI=1S/C18H25FN4O2/c1-3-4-14(20)16(19)17(21)18(24)23-13-7-5-12(6-8-13)15-10-22-9-11(2)25-15/h5-8,11,15,21-22H,3-4,9-10,20H2,1-2H3,(H,23,24)/t11-,15-/m1/s1. The summed E-state index contributed by atoms with van der Waals surface area (Å²) in [6.45, 7) is 5.41. The van der Waals surface area contributed by atoms with Crippen molar-refractivity contribution in [2.24, 2.45) is 5.73 Å². The van der Waals surface area contributed by atoms with Crippen LogP contribution in [0.4, 0.5) is 10.1 Å². The number of halogens is 1. The van der Waals surface area contributed by atoms with E-state index in [4.69, 9.17) is 15.9 Å². The van der Waals surface area contributed by atoms with Crippen molar-refractivity contribution >= 4 is 17.3 Å². The quantitative estimate of drug-likeness (QED) is 0.594. The van der Waals surface area contributed by atoms with Gasteiger partial charge in [-0.1, -0.05) is 25.5 Å². The molecule has 1 amide bonds. The van der Waals surface area contributed by atoms with Gasteiger partial charge in [-0.2, -0.15) is 0 Å². The van der Waals surface area contributed by atoms with Crippen molar-refractivity contribution in [2.75, 3.05) is 18.4 Å². The summed E-state index contributed by atoms with van der Waals surface area (Å²) in [4.78, 5) is 12.0. The number of benzene rings is 1. The minimum absolute atomic E-state index is 0.0407. The van der Waals surface area contributed by atoms with Gasteiger partial charge in [-0.15, -0.1) is 0 Å². The molecule has 1 aliphatic heterocycles. The van der Waals surface area contributed by atoms with E-state index in [1.165, 1.54) is 0 Å². The molecular formula is C18H25FN4O2. The molecule has 7 heteroatoms. The van der Waals surface area contributed by atoms with Crippen molar-refractivity contribution in [3.8, 4) is 0 Å². The van der Waals surface area contributed by atoms with Gasteiger partial charge in [0, 0.05) is 24.5 Å². The van der Waals surface area contributed by atoms with E-state index in [9.17, 15) is 9.18 Å². The number of rotatable bonds is 6. The lowest BCUT2D eigenvalue weighted by Gasteiger charge is -2.29. The van der Waals surface area contributed by atoms with Gasteiger partial charge in [0.15, 0.2) is 11.5 Å². The summed E-state index contributed by atoms with van der Waals surface area (Å²) in [5.74, 6) is -1.79. The molecule has 2 atom stereocenters. The predicted octanol–water partition coefficient (Wildman–Crippen LogP) is 2.63. The maximum atomic E-state index is 13.9. The lowest BCUT2D eigenvalue weighted by molar-refractivity contribution is -0.110. The van der Waals surface area contributed by atoms with E-state index < -0.39 is 17.4 Å². The zero-order valence-corrected chi connectivity index (χ0v) is 14.6. The van der Waals surface area contributed by atoms with E-state index in [1.807, 2.05) is 26.0 Å². The Morgan fingerprint density at radius 2 is 2.08 bits per heavy atom. The van der Waals surface area contributed by atoms with E-state index in [1.54, 1.807) is 12.1 Å². The topological polar surface area (TPSA) is 100 Å². The first-order chi connectivity index (χ1) is 11.9. The minimum Gasteiger partial charge on any atom is -0.400 e. The zero-order chi connectivity index (χ0) is 18.4. The summed E-state index contributed by atoms with van der Waals surface area (Å²) < 4.78 is 19.8. The second-order valence-corrected chi connectivity index (χ2v) is 6.13. The second kappa shape index (κ2) is 8.73. The van der Waals surface area contributed by atoms with Crippen LogP contribution in [0, 0.1) is 5.41 Å². The molecule has 1 aromatic rings. The molecule has 0 unspecified atom stereocenters. The predicted molar refractivity (Wildman–Crippen MR) is 96.2 cm³/mol. The molecule has 1 heterocycles. The molecule has 1 aliphatic rings. The van der Waals surface area contributed by atoms with Crippen molar-refractivity contribution in [3.63, 3.8) is 0 Å². The highest BCUT2D eigenvalue weighted by molar-refractivity contribution is 6.47. The van der Waals surface area contributed by atoms with Crippen molar-refractivity contribution in [1.82, 2.24) is 5.32 Å². The van der Waals surface area contributed by atoms with Crippen LogP contribution in [-0.2, 0) is 9.53 Å². The van der Waals surface area contributed by atoms with Gasteiger partial charge in [-0.3, -0.25) is 10.2 Å². The first kappa shape index (κ1) is 19.1. The lowest BCUT2D eigenvalue weighted by atomic mass is 10.1. The smallest absolute Gasteiger partial charge is 0.276 e. The Morgan fingerprint density at radius 3 is 2.68 bits per heavy atom. The fourth-order valence-corrected chi connectivity index (χ4v) is 2.60. The van der Waals surface area contributed by atoms with Crippen molar-refractivity contribution in [1.29, 1.82) is 5.41 Å². The Hall–Kier alpha value is -2.25. The molecule has 136 valence electrons. The molecule has 2 rings (SSSR count). The Kier molecular flexibility index (Phi) is 6.66. The maximum Gasteiger partial charge on any atom is 0.276 e. The fourth-order valence-electron chi connectivity index (χ4n) is 2.60. The SMILES string of the molecule is CCCC(N)=C(F)C(=N)C(=O)Nc1ccc([C@H]2CNC[C@@H](C)O2)cc1. The molecular weight excluding hydrogens is 323 g/mol. The van der Waals surface area contributed by atoms with E-state index in [0.717, 1.165) is 18.7 Å². The number of ether oxygens (including phenoxy) is 1. The molecule has 25 heavy (non-hydrogen) atoms. The van der Waals surface area contributed by atoms with Gasteiger partial charge in [0.1, 0.15) is 0 Å². The average Bonchev–Trinajstić information content (AvgIpc) is 2.61. The molecule has 1 fully saturated rings. The number of nitrogens with two attached hydrogens (primary N) is 1. The highest BCUT2D eigenvalue weighted by Gasteiger charge is 2.21. The molecule has 1 saturated heterocycles. The van der Waals surface area contributed by atoms with Crippen LogP contribution in [-0.4, -0.2) is 30.8 Å². The van der Waals surface area contributed by atoms with Crippen LogP contribution in [0.2, 0.25) is 0 Å². The zero-order valence-electron chi connectivity index (χ0n) is 14.6. The normalized spacial score (nSPS) is 21.4. The van der Waals surface area contributed by atoms with Crippen LogP contribution in [0.3, 0.4) is 0 Å². The van der Waals surface area contributed by atoms with Crippen molar-refractivity contribution < 1.29 is 13.9 Å². The lowest BCUT2D eigenvalue weighted by Crippen LogP contribution is -2.38. The number of allylic oxidation sites excluding steroid dienone is 1. The third kappa shape index (κ3) is 5.11. The van der Waals surface area contributed by atoms with Crippen LogP contribution in [0.25, 0.3) is 0 Å². The summed E-state index contributed by atoms with van der Waals surface area (Å²) in [6, 6.07) is 7.11. The summed E-state index contributed by atoms with van der Waals surface area (Å²) in [6.07, 6.45) is 1.05. The molecule has 1 aromatic carbocycles. The third-order valence-corrected chi connectivity index (χ3v) is 3.95. The molecule has 0 bridgehead atoms. The number of carbonyl (C=O) groups excluding carboxylic acids is 1. The molecule has 0 aliphatic carbocycles. The molecule has 0 saturated carbocycles. The van der Waals surface area contributed by atoms with Gasteiger partial charge in [-0.05, 0) is 31.0 Å². The Labute approximate surface area is 147 Å². The van der Waals surface area contributed by atoms with Gasteiger partial charge in [0.25, 0.3) is 5.91 Å². The largest absolute Gasteiger partial charge is 0.400 e. The molecule has 6 nitrogen and oxygen atoms in total. The van der Waals surface area contributed by atoms with Crippen LogP contribution >= 0.6 is 0 Å². The van der Waals surface area contributed by atoms with Crippen LogP contribution in [0.1, 0.15) is 38.4 Å². The first-order valence-electron chi connectivity index (χ1n) is 8.42. The highest BCUT2D eigenvalue weighted by atomic mass is 19.1. The second-order valence-electron chi connectivity index (χ2n) is 6.13. The number of carbonyl (C=O) groups is 1. The maximum absolute atomic E-state index is 13.9. The van der Waals surface area contributed by atoms with E-state index in [-0.39, 0.29) is 17.9 Å². The molecule has 0 aromatic heterocycles. The van der Waals surface area contributed by atoms with Gasteiger partial charge in [-0.25, -0.2) is 4.39 Å². The highest BCUT2D eigenvalue weighted by Crippen LogP contribution is 2.23. The summed E-state index contributed by atoms with van der Waals surface area (Å²) in [5.41, 5.74) is 6.18. The summed E-state index contributed by atoms with van der Waals surface area (Å²) >= 11 is 0. The number of hydrogen-bond acceptors (Lipinski definition) is 5. The molecule has 0 radical (unpaired) electrons. The Morgan fingerprint density at radius 1 is 1.40 bits per heavy atom.